The van der Waals surface area contributed by atoms with Crippen molar-refractivity contribution in [3.8, 4) is 0 Å². The highest BCUT2D eigenvalue weighted by atomic mass is 15.3. The SMILES string of the molecule is CCCC(N)(c1ccccc1)C(C)N1CCN(C)CC1. The van der Waals surface area contributed by atoms with Crippen molar-refractivity contribution in [2.24, 2.45) is 5.73 Å². The van der Waals surface area contributed by atoms with Gasteiger partial charge in [-0.1, -0.05) is 43.7 Å². The van der Waals surface area contributed by atoms with E-state index in [0.717, 1.165) is 39.0 Å². The Balaban J connectivity index is 2.19. The summed E-state index contributed by atoms with van der Waals surface area (Å²) in [5, 5.41) is 0. The largest absolute Gasteiger partial charge is 0.320 e. The number of benzene rings is 1. The van der Waals surface area contributed by atoms with Crippen LogP contribution in [0.3, 0.4) is 0 Å². The molecule has 2 N–H and O–H groups in total. The number of rotatable bonds is 5. The molecule has 1 aliphatic heterocycles. The molecule has 3 heteroatoms. The molecule has 1 heterocycles. The summed E-state index contributed by atoms with van der Waals surface area (Å²) in [7, 11) is 2.20. The Hall–Kier alpha value is -0.900. The quantitative estimate of drug-likeness (QED) is 0.895. The van der Waals surface area contributed by atoms with Crippen LogP contribution in [-0.2, 0) is 5.54 Å². The van der Waals surface area contributed by atoms with Crippen molar-refractivity contribution in [2.45, 2.75) is 38.3 Å². The van der Waals surface area contributed by atoms with Gasteiger partial charge < -0.3 is 10.6 Å². The van der Waals surface area contributed by atoms with Crippen LogP contribution >= 0.6 is 0 Å². The predicted molar refractivity (Wildman–Crippen MR) is 85.7 cm³/mol. The van der Waals surface area contributed by atoms with Crippen LogP contribution in [0.5, 0.6) is 0 Å². The number of nitrogens with zero attached hydrogens (tertiary/aromatic N) is 2. The van der Waals surface area contributed by atoms with Gasteiger partial charge in [0.15, 0.2) is 0 Å². The van der Waals surface area contributed by atoms with E-state index in [4.69, 9.17) is 5.73 Å². The molecule has 2 atom stereocenters. The molecule has 0 spiro atoms. The number of likely N-dealkylation sites (N-methyl/N-ethyl adjacent to an activating group) is 1. The van der Waals surface area contributed by atoms with Gasteiger partial charge >= 0.3 is 0 Å². The number of nitrogens with two attached hydrogens (primary N) is 1. The van der Waals surface area contributed by atoms with Crippen LogP contribution in [0.1, 0.15) is 32.3 Å². The smallest absolute Gasteiger partial charge is 0.0564 e. The van der Waals surface area contributed by atoms with Gasteiger partial charge in [0, 0.05) is 32.2 Å². The normalized spacial score (nSPS) is 22.4. The fourth-order valence-corrected chi connectivity index (χ4v) is 3.29. The summed E-state index contributed by atoms with van der Waals surface area (Å²) >= 11 is 0. The molecule has 0 saturated carbocycles. The van der Waals surface area contributed by atoms with Crippen LogP contribution in [0.4, 0.5) is 0 Å². The lowest BCUT2D eigenvalue weighted by Gasteiger charge is -2.45. The number of piperazine rings is 1. The second-order valence-corrected chi connectivity index (χ2v) is 6.17. The molecular weight excluding hydrogens is 246 g/mol. The maximum Gasteiger partial charge on any atom is 0.0564 e. The van der Waals surface area contributed by atoms with Crippen LogP contribution < -0.4 is 5.73 Å². The zero-order valence-corrected chi connectivity index (χ0v) is 13.2. The van der Waals surface area contributed by atoms with Crippen LogP contribution in [0.25, 0.3) is 0 Å². The minimum atomic E-state index is -0.244. The molecule has 0 bridgehead atoms. The lowest BCUT2D eigenvalue weighted by molar-refractivity contribution is 0.0717. The molecule has 1 aromatic rings. The molecule has 20 heavy (non-hydrogen) atoms. The van der Waals surface area contributed by atoms with Gasteiger partial charge in [0.2, 0.25) is 0 Å². The average Bonchev–Trinajstić information content (AvgIpc) is 2.48. The summed E-state index contributed by atoms with van der Waals surface area (Å²) in [5.74, 6) is 0. The highest BCUT2D eigenvalue weighted by molar-refractivity contribution is 5.26. The van der Waals surface area contributed by atoms with Crippen LogP contribution in [0.15, 0.2) is 30.3 Å². The van der Waals surface area contributed by atoms with E-state index < -0.39 is 0 Å². The van der Waals surface area contributed by atoms with E-state index in [9.17, 15) is 0 Å². The highest BCUT2D eigenvalue weighted by Crippen LogP contribution is 2.31. The standard InChI is InChI=1S/C17H29N3/c1-4-10-17(18,16-8-6-5-7-9-16)15(2)20-13-11-19(3)12-14-20/h5-9,15H,4,10-14,18H2,1-3H3. The van der Waals surface area contributed by atoms with Gasteiger partial charge in [-0.3, -0.25) is 4.90 Å². The molecule has 112 valence electrons. The molecule has 1 aliphatic rings. The molecule has 3 nitrogen and oxygen atoms in total. The first-order valence-corrected chi connectivity index (χ1v) is 7.85. The first-order chi connectivity index (χ1) is 9.58. The van der Waals surface area contributed by atoms with E-state index in [1.165, 1.54) is 5.56 Å². The molecule has 0 amide bonds. The Morgan fingerprint density at radius 2 is 1.75 bits per heavy atom. The van der Waals surface area contributed by atoms with Crippen LogP contribution in [0, 0.1) is 0 Å². The molecule has 1 saturated heterocycles. The lowest BCUT2D eigenvalue weighted by Crippen LogP contribution is -2.58. The molecule has 0 radical (unpaired) electrons. The van der Waals surface area contributed by atoms with Crippen molar-refractivity contribution in [3.63, 3.8) is 0 Å². The van der Waals surface area contributed by atoms with Crippen molar-refractivity contribution in [1.82, 2.24) is 9.80 Å². The molecule has 0 aromatic heterocycles. The summed E-state index contributed by atoms with van der Waals surface area (Å²) in [6.07, 6.45) is 2.15. The summed E-state index contributed by atoms with van der Waals surface area (Å²) in [5.41, 5.74) is 7.91. The average molecular weight is 275 g/mol. The molecule has 0 aliphatic carbocycles. The Labute approximate surface area is 123 Å². The molecule has 2 unspecified atom stereocenters. The minimum Gasteiger partial charge on any atom is -0.320 e. The Morgan fingerprint density at radius 1 is 1.15 bits per heavy atom. The first kappa shape index (κ1) is 15.5. The molecular formula is C17H29N3. The monoisotopic (exact) mass is 275 g/mol. The zero-order valence-electron chi connectivity index (χ0n) is 13.2. The van der Waals surface area contributed by atoms with Crippen LogP contribution in [0.2, 0.25) is 0 Å². The van der Waals surface area contributed by atoms with Gasteiger partial charge in [0.1, 0.15) is 0 Å². The summed E-state index contributed by atoms with van der Waals surface area (Å²) < 4.78 is 0. The minimum absolute atomic E-state index is 0.244. The lowest BCUT2D eigenvalue weighted by atomic mass is 9.79. The fraction of sp³-hybridized carbons (Fsp3) is 0.647. The van der Waals surface area contributed by atoms with E-state index >= 15 is 0 Å². The van der Waals surface area contributed by atoms with Gasteiger partial charge in [-0.05, 0) is 26.0 Å². The molecule has 1 fully saturated rings. The third-order valence-electron chi connectivity index (χ3n) is 4.81. The predicted octanol–water partition coefficient (Wildman–Crippen LogP) is 2.28. The summed E-state index contributed by atoms with van der Waals surface area (Å²) in [4.78, 5) is 4.95. The third kappa shape index (κ3) is 3.22. The second kappa shape index (κ2) is 6.70. The van der Waals surface area contributed by atoms with Crippen molar-refractivity contribution >= 4 is 0 Å². The van der Waals surface area contributed by atoms with E-state index in [2.05, 4.69) is 61.0 Å². The highest BCUT2D eigenvalue weighted by Gasteiger charge is 2.37. The Morgan fingerprint density at radius 3 is 2.30 bits per heavy atom. The van der Waals surface area contributed by atoms with Gasteiger partial charge in [-0.2, -0.15) is 0 Å². The molecule has 1 aromatic carbocycles. The first-order valence-electron chi connectivity index (χ1n) is 7.85. The second-order valence-electron chi connectivity index (χ2n) is 6.17. The van der Waals surface area contributed by atoms with E-state index in [-0.39, 0.29) is 5.54 Å². The van der Waals surface area contributed by atoms with Gasteiger partial charge in [-0.15, -0.1) is 0 Å². The number of hydrogen-bond acceptors (Lipinski definition) is 3. The van der Waals surface area contributed by atoms with Crippen molar-refractivity contribution in [3.05, 3.63) is 35.9 Å². The Bertz CT molecular complexity index is 398. The van der Waals surface area contributed by atoms with Crippen molar-refractivity contribution in [1.29, 1.82) is 0 Å². The maximum absolute atomic E-state index is 6.88. The Kier molecular flexibility index (Phi) is 5.19. The summed E-state index contributed by atoms with van der Waals surface area (Å²) in [6, 6.07) is 11.0. The van der Waals surface area contributed by atoms with E-state index in [1.54, 1.807) is 0 Å². The fourth-order valence-electron chi connectivity index (χ4n) is 3.29. The zero-order chi connectivity index (χ0) is 14.6. The number of hydrogen-bond donors (Lipinski definition) is 1. The van der Waals surface area contributed by atoms with Gasteiger partial charge in [0.25, 0.3) is 0 Å². The maximum atomic E-state index is 6.88. The molecule has 2 rings (SSSR count). The third-order valence-corrected chi connectivity index (χ3v) is 4.81. The summed E-state index contributed by atoms with van der Waals surface area (Å²) in [6.45, 7) is 9.04. The van der Waals surface area contributed by atoms with E-state index in [0.29, 0.717) is 6.04 Å². The van der Waals surface area contributed by atoms with Crippen molar-refractivity contribution < 1.29 is 0 Å². The topological polar surface area (TPSA) is 32.5 Å². The van der Waals surface area contributed by atoms with Crippen molar-refractivity contribution in [2.75, 3.05) is 33.2 Å². The van der Waals surface area contributed by atoms with Crippen LogP contribution in [-0.4, -0.2) is 49.1 Å². The van der Waals surface area contributed by atoms with Gasteiger partial charge in [0.05, 0.1) is 5.54 Å². The van der Waals surface area contributed by atoms with Gasteiger partial charge in [-0.25, -0.2) is 0 Å². The van der Waals surface area contributed by atoms with E-state index in [1.807, 2.05) is 0 Å².